The molecule has 2 aromatic heterocycles. The number of anilines is 6. The number of nitrogens with zero attached hydrogens (tertiary/aromatic N) is 2. The molecule has 0 aliphatic heterocycles. The van der Waals surface area contributed by atoms with Crippen LogP contribution >= 0.6 is 0 Å². The molecule has 0 fully saturated rings. The van der Waals surface area contributed by atoms with Gasteiger partial charge in [0, 0.05) is 56.0 Å². The van der Waals surface area contributed by atoms with E-state index in [0.717, 1.165) is 111 Å². The van der Waals surface area contributed by atoms with E-state index in [1.807, 2.05) is 0 Å². The minimum atomic E-state index is 0.00657. The van der Waals surface area contributed by atoms with E-state index in [-0.39, 0.29) is 10.8 Å². The Bertz CT molecular complexity index is 4390. The van der Waals surface area contributed by atoms with Gasteiger partial charge >= 0.3 is 0 Å². The lowest BCUT2D eigenvalue weighted by molar-refractivity contribution is 0.590. The maximum Gasteiger partial charge on any atom is 0.135 e. The Morgan fingerprint density at radius 3 is 0.988 bits per heavy atom. The Balaban J connectivity index is 0.761. The van der Waals surface area contributed by atoms with E-state index < -0.39 is 0 Å². The normalized spacial score (nSPS) is 12.0. The number of hydrogen-bond donors (Lipinski definition) is 0. The first kappa shape index (κ1) is 50.3. The van der Waals surface area contributed by atoms with Crippen LogP contribution in [0.1, 0.15) is 52.7 Å². The van der Waals surface area contributed by atoms with E-state index in [4.69, 9.17) is 8.83 Å². The highest BCUT2D eigenvalue weighted by molar-refractivity contribution is 6.17. The van der Waals surface area contributed by atoms with Gasteiger partial charge in [0.2, 0.25) is 0 Å². The molecule has 4 nitrogen and oxygen atoms in total. The number of benzene rings is 12. The summed E-state index contributed by atoms with van der Waals surface area (Å²) >= 11 is 0. The Kier molecular flexibility index (Phi) is 12.3. The number of fused-ring (bicyclic) bond motifs is 7. The summed E-state index contributed by atoms with van der Waals surface area (Å²) < 4.78 is 13.3. The molecule has 0 atom stereocenters. The number of furan rings is 2. The molecule has 0 aliphatic rings. The minimum absolute atomic E-state index is 0.00657. The average Bonchev–Trinajstić information content (AvgIpc) is 3.36. The molecule has 4 heteroatoms. The van der Waals surface area contributed by atoms with Gasteiger partial charge in [-0.15, -0.1) is 0 Å². The third kappa shape index (κ3) is 9.46. The van der Waals surface area contributed by atoms with E-state index in [9.17, 15) is 0 Å². The molecule has 12 aromatic carbocycles. The van der Waals surface area contributed by atoms with E-state index in [0.29, 0.717) is 0 Å². The second-order valence-corrected chi connectivity index (χ2v) is 23.9. The highest BCUT2D eigenvalue weighted by atomic mass is 16.3. The molecule has 0 aliphatic carbocycles. The predicted octanol–water partition coefficient (Wildman–Crippen LogP) is 22.8. The smallest absolute Gasteiger partial charge is 0.135 e. The number of rotatable bonds is 10. The first-order chi connectivity index (χ1) is 39.8. The topological polar surface area (TPSA) is 32.8 Å². The molecule has 0 saturated heterocycles. The Labute approximate surface area is 479 Å². The fraction of sp³-hybridized carbons (Fsp3) is 0.103. The number of hydrogen-bond acceptors (Lipinski definition) is 4. The molecule has 82 heavy (non-hydrogen) atoms. The maximum absolute atomic E-state index is 6.67. The zero-order valence-corrected chi connectivity index (χ0v) is 47.1. The van der Waals surface area contributed by atoms with Gasteiger partial charge in [-0.2, -0.15) is 0 Å². The first-order valence-electron chi connectivity index (χ1n) is 28.4. The second-order valence-electron chi connectivity index (χ2n) is 23.9. The third-order valence-electron chi connectivity index (χ3n) is 16.3. The summed E-state index contributed by atoms with van der Waals surface area (Å²) in [5.74, 6) is 1.67. The molecule has 0 N–H and O–H groups in total. The van der Waals surface area contributed by atoms with Crippen molar-refractivity contribution in [3.63, 3.8) is 0 Å². The molecule has 0 unspecified atom stereocenters. The Morgan fingerprint density at radius 2 is 0.585 bits per heavy atom. The van der Waals surface area contributed by atoms with Gasteiger partial charge in [-0.25, -0.2) is 0 Å². The van der Waals surface area contributed by atoms with Crippen LogP contribution in [0.15, 0.2) is 276 Å². The summed E-state index contributed by atoms with van der Waals surface area (Å²) in [7, 11) is 0. The SMILES string of the molecule is CC(C)(C)c1cccc(N(c2ccc(-c3ccccc3)cc2)c2ccc3cc(-c4cc5c(ccc6c7cc(-c8ccc9cc(N(c%10ccc(-c%11ccccc%11)cc%10)c%10cccc(C(C)(C)C)c%10)ccc9c8)oc7ccc56)o4)ccc3c2)c1. The summed E-state index contributed by atoms with van der Waals surface area (Å²) in [6, 6.07) is 96.6. The Hall–Kier alpha value is -9.90. The van der Waals surface area contributed by atoms with Crippen LogP contribution in [0.5, 0.6) is 0 Å². The van der Waals surface area contributed by atoms with Crippen LogP contribution in [0, 0.1) is 0 Å². The molecule has 0 spiro atoms. The van der Waals surface area contributed by atoms with Gasteiger partial charge in [-0.1, -0.05) is 187 Å². The monoisotopic (exact) mass is 1060 g/mol. The van der Waals surface area contributed by atoms with Gasteiger partial charge in [0.05, 0.1) is 0 Å². The van der Waals surface area contributed by atoms with E-state index >= 15 is 0 Å². The molecule has 14 aromatic rings. The van der Waals surface area contributed by atoms with Gasteiger partial charge in [0.25, 0.3) is 0 Å². The third-order valence-corrected chi connectivity index (χ3v) is 16.3. The quantitative estimate of drug-likeness (QED) is 0.137. The molecule has 0 bridgehead atoms. The fourth-order valence-electron chi connectivity index (χ4n) is 11.8. The zero-order valence-electron chi connectivity index (χ0n) is 47.1. The van der Waals surface area contributed by atoms with Crippen molar-refractivity contribution in [1.82, 2.24) is 0 Å². The minimum Gasteiger partial charge on any atom is -0.456 e. The average molecular weight is 1060 g/mol. The summed E-state index contributed by atoms with van der Waals surface area (Å²) in [4.78, 5) is 4.74. The van der Waals surface area contributed by atoms with E-state index in [1.54, 1.807) is 0 Å². The second kappa shape index (κ2) is 20.0. The lowest BCUT2D eigenvalue weighted by Crippen LogP contribution is -2.14. The van der Waals surface area contributed by atoms with E-state index in [1.165, 1.54) is 33.4 Å². The van der Waals surface area contributed by atoms with Gasteiger partial charge in [-0.3, -0.25) is 0 Å². The van der Waals surface area contributed by atoms with Gasteiger partial charge in [0.15, 0.2) is 0 Å². The van der Waals surface area contributed by atoms with Crippen LogP contribution in [-0.2, 0) is 10.8 Å². The summed E-state index contributed by atoms with van der Waals surface area (Å²) in [6.45, 7) is 13.6. The van der Waals surface area contributed by atoms with Crippen molar-refractivity contribution in [2.24, 2.45) is 0 Å². The fourth-order valence-corrected chi connectivity index (χ4v) is 11.8. The van der Waals surface area contributed by atoms with Gasteiger partial charge in [0.1, 0.15) is 22.7 Å². The molecule has 0 amide bonds. The molecule has 396 valence electrons. The van der Waals surface area contributed by atoms with Crippen LogP contribution in [-0.4, -0.2) is 0 Å². The first-order valence-corrected chi connectivity index (χ1v) is 28.4. The molecular weight excluding hydrogens is 997 g/mol. The largest absolute Gasteiger partial charge is 0.456 e. The van der Waals surface area contributed by atoms with Crippen LogP contribution < -0.4 is 9.80 Å². The molecule has 14 rings (SSSR count). The van der Waals surface area contributed by atoms with Crippen molar-refractivity contribution in [3.8, 4) is 44.9 Å². The van der Waals surface area contributed by atoms with Crippen molar-refractivity contribution in [1.29, 1.82) is 0 Å². The lowest BCUT2D eigenvalue weighted by Gasteiger charge is -2.28. The van der Waals surface area contributed by atoms with Crippen molar-refractivity contribution in [2.45, 2.75) is 52.4 Å². The maximum atomic E-state index is 6.67. The van der Waals surface area contributed by atoms with Crippen LogP contribution in [0.4, 0.5) is 34.1 Å². The van der Waals surface area contributed by atoms with Crippen LogP contribution in [0.3, 0.4) is 0 Å². The van der Waals surface area contributed by atoms with Crippen molar-refractivity contribution in [3.05, 3.63) is 278 Å². The van der Waals surface area contributed by atoms with Crippen LogP contribution in [0.25, 0.3) is 99.2 Å². The van der Waals surface area contributed by atoms with Crippen molar-refractivity contribution >= 4 is 88.4 Å². The highest BCUT2D eigenvalue weighted by Crippen LogP contribution is 2.44. The molecule has 0 radical (unpaired) electrons. The van der Waals surface area contributed by atoms with Crippen molar-refractivity contribution < 1.29 is 8.83 Å². The highest BCUT2D eigenvalue weighted by Gasteiger charge is 2.22. The lowest BCUT2D eigenvalue weighted by atomic mass is 9.87. The summed E-state index contributed by atoms with van der Waals surface area (Å²) in [5, 5.41) is 9.00. The standard InChI is InChI=1S/C78H62N2O2/c1-77(2,3)61-19-13-21-65(47-61)79(63-33-27-53(28-34-63)51-15-9-7-10-16-51)67-37-31-55-43-59(25-23-57(55)45-67)75-49-71-69-40-42-74-72(70(69)39-41-73(71)81-75)50-76(82-74)60-26-24-58-46-68(38-32-56(58)44-60)80(66-22-14-20-62(48-66)78(4,5)6)64-35-29-54(30-36-64)52-17-11-8-12-18-52/h7-50H,1-6H3. The molecule has 2 heterocycles. The molecular formula is C78H62N2O2. The Morgan fingerprint density at radius 1 is 0.244 bits per heavy atom. The van der Waals surface area contributed by atoms with Gasteiger partial charge < -0.3 is 18.6 Å². The van der Waals surface area contributed by atoms with Crippen LogP contribution in [0.2, 0.25) is 0 Å². The predicted molar refractivity (Wildman–Crippen MR) is 347 cm³/mol. The summed E-state index contributed by atoms with van der Waals surface area (Å²) in [6.07, 6.45) is 0. The summed E-state index contributed by atoms with van der Waals surface area (Å²) in [5.41, 5.74) is 17.8. The van der Waals surface area contributed by atoms with Gasteiger partial charge in [-0.05, 0) is 198 Å². The zero-order chi connectivity index (χ0) is 55.7. The van der Waals surface area contributed by atoms with Crippen molar-refractivity contribution in [2.75, 3.05) is 9.80 Å². The molecule has 0 saturated carbocycles. The van der Waals surface area contributed by atoms with E-state index in [2.05, 4.69) is 318 Å².